The van der Waals surface area contributed by atoms with E-state index in [0.717, 1.165) is 0 Å². The van der Waals surface area contributed by atoms with Crippen molar-refractivity contribution in [3.8, 4) is 0 Å². The second-order valence-electron chi connectivity index (χ2n) is 4.54. The zero-order valence-corrected chi connectivity index (χ0v) is 9.93. The zero-order valence-electron chi connectivity index (χ0n) is 9.93. The maximum absolute atomic E-state index is 13.2. The lowest BCUT2D eigenvalue weighted by Crippen LogP contribution is -2.27. The molecular weight excluding hydrogens is 209 g/mol. The van der Waals surface area contributed by atoms with E-state index in [1.54, 1.807) is 33.8 Å². The van der Waals surface area contributed by atoms with Gasteiger partial charge in [0.15, 0.2) is 0 Å². The van der Waals surface area contributed by atoms with E-state index in [-0.39, 0.29) is 5.82 Å². The highest BCUT2D eigenvalue weighted by Crippen LogP contribution is 2.18. The molecule has 1 N–H and O–H groups in total. The van der Waals surface area contributed by atoms with Crippen LogP contribution in [0.1, 0.15) is 26.3 Å². The molecule has 1 aromatic carbocycles. The van der Waals surface area contributed by atoms with Gasteiger partial charge >= 0.3 is 6.09 Å². The summed E-state index contributed by atoms with van der Waals surface area (Å²) in [7, 11) is 0. The van der Waals surface area contributed by atoms with Crippen molar-refractivity contribution in [3.05, 3.63) is 29.6 Å². The Bertz CT molecular complexity index is 396. The van der Waals surface area contributed by atoms with E-state index in [4.69, 9.17) is 4.74 Å². The molecule has 88 valence electrons. The van der Waals surface area contributed by atoms with Crippen molar-refractivity contribution < 1.29 is 13.9 Å². The lowest BCUT2D eigenvalue weighted by atomic mass is 10.2. The highest BCUT2D eigenvalue weighted by atomic mass is 19.1. The number of nitrogens with one attached hydrogen (secondary N) is 1. The second-order valence-corrected chi connectivity index (χ2v) is 4.54. The third-order valence-corrected chi connectivity index (χ3v) is 1.90. The van der Waals surface area contributed by atoms with Crippen LogP contribution >= 0.6 is 0 Å². The summed E-state index contributed by atoms with van der Waals surface area (Å²) in [5.41, 5.74) is 0.258. The Morgan fingerprint density at radius 3 is 2.56 bits per heavy atom. The van der Waals surface area contributed by atoms with E-state index < -0.39 is 11.7 Å². The molecule has 0 spiro atoms. The maximum atomic E-state index is 13.2. The standard InChI is InChI=1S/C12H16FNO2/c1-8-9(13)6-5-7-10(8)14-11(15)16-12(2,3)4/h5-7H,1-4H3,(H,14,15). The fraction of sp³-hybridized carbons (Fsp3) is 0.417. The van der Waals surface area contributed by atoms with E-state index in [0.29, 0.717) is 11.3 Å². The van der Waals surface area contributed by atoms with Crippen LogP contribution in [0.15, 0.2) is 18.2 Å². The highest BCUT2D eigenvalue weighted by Gasteiger charge is 2.17. The van der Waals surface area contributed by atoms with Crippen LogP contribution in [0.25, 0.3) is 0 Å². The normalized spacial score (nSPS) is 11.1. The second kappa shape index (κ2) is 4.51. The smallest absolute Gasteiger partial charge is 0.412 e. The van der Waals surface area contributed by atoms with Crippen molar-refractivity contribution in [2.24, 2.45) is 0 Å². The quantitative estimate of drug-likeness (QED) is 0.794. The summed E-state index contributed by atoms with van der Waals surface area (Å²) in [6, 6.07) is 4.51. The van der Waals surface area contributed by atoms with Crippen LogP contribution in [-0.2, 0) is 4.74 Å². The Hall–Kier alpha value is -1.58. The Kier molecular flexibility index (Phi) is 3.52. The van der Waals surface area contributed by atoms with Gasteiger partial charge < -0.3 is 4.74 Å². The van der Waals surface area contributed by atoms with Crippen LogP contribution in [-0.4, -0.2) is 11.7 Å². The number of carbonyl (C=O) groups is 1. The summed E-state index contributed by atoms with van der Waals surface area (Å²) < 4.78 is 18.2. The van der Waals surface area contributed by atoms with E-state index >= 15 is 0 Å². The molecule has 0 saturated carbocycles. The molecule has 1 amide bonds. The first kappa shape index (κ1) is 12.5. The van der Waals surface area contributed by atoms with Crippen LogP contribution < -0.4 is 5.32 Å². The molecule has 0 radical (unpaired) electrons. The van der Waals surface area contributed by atoms with Crippen molar-refractivity contribution >= 4 is 11.8 Å². The summed E-state index contributed by atoms with van der Waals surface area (Å²) in [6.07, 6.45) is -0.582. The van der Waals surface area contributed by atoms with Gasteiger partial charge in [-0.05, 0) is 39.8 Å². The minimum Gasteiger partial charge on any atom is -0.444 e. The molecule has 0 aliphatic heterocycles. The Labute approximate surface area is 94.6 Å². The van der Waals surface area contributed by atoms with E-state index in [2.05, 4.69) is 5.32 Å². The molecule has 0 fully saturated rings. The van der Waals surface area contributed by atoms with Gasteiger partial charge in [-0.2, -0.15) is 0 Å². The first-order valence-corrected chi connectivity index (χ1v) is 5.05. The number of benzene rings is 1. The van der Waals surface area contributed by atoms with Crippen LogP contribution in [0.4, 0.5) is 14.9 Å². The van der Waals surface area contributed by atoms with Crippen LogP contribution in [0, 0.1) is 12.7 Å². The number of carbonyl (C=O) groups excluding carboxylic acids is 1. The SMILES string of the molecule is Cc1c(F)cccc1NC(=O)OC(C)(C)C. The monoisotopic (exact) mass is 225 g/mol. The predicted octanol–water partition coefficient (Wildman–Crippen LogP) is 3.48. The summed E-state index contributed by atoms with van der Waals surface area (Å²) in [4.78, 5) is 11.4. The molecule has 0 aliphatic carbocycles. The van der Waals surface area contributed by atoms with Gasteiger partial charge in [0.25, 0.3) is 0 Å². The van der Waals surface area contributed by atoms with Gasteiger partial charge in [-0.1, -0.05) is 6.07 Å². The molecule has 16 heavy (non-hydrogen) atoms. The van der Waals surface area contributed by atoms with Gasteiger partial charge in [-0.25, -0.2) is 9.18 Å². The van der Waals surface area contributed by atoms with Gasteiger partial charge in [0, 0.05) is 11.3 Å². The molecule has 0 aromatic heterocycles. The number of halogens is 1. The topological polar surface area (TPSA) is 38.3 Å². The average molecular weight is 225 g/mol. The molecule has 1 rings (SSSR count). The van der Waals surface area contributed by atoms with Crippen LogP contribution in [0.2, 0.25) is 0 Å². The highest BCUT2D eigenvalue weighted by molar-refractivity contribution is 5.85. The minimum atomic E-state index is -0.582. The van der Waals surface area contributed by atoms with Gasteiger partial charge in [-0.15, -0.1) is 0 Å². The van der Waals surface area contributed by atoms with Crippen molar-refractivity contribution in [2.45, 2.75) is 33.3 Å². The summed E-state index contributed by atoms with van der Waals surface area (Å²) in [5.74, 6) is -0.353. The molecule has 0 heterocycles. The van der Waals surface area contributed by atoms with Gasteiger partial charge in [0.2, 0.25) is 0 Å². The zero-order chi connectivity index (χ0) is 12.3. The molecule has 0 saturated heterocycles. The van der Waals surface area contributed by atoms with E-state index in [1.807, 2.05) is 0 Å². The fourth-order valence-corrected chi connectivity index (χ4v) is 1.16. The van der Waals surface area contributed by atoms with E-state index in [1.165, 1.54) is 12.1 Å². The van der Waals surface area contributed by atoms with Crippen LogP contribution in [0.5, 0.6) is 0 Å². The molecule has 0 unspecified atom stereocenters. The number of rotatable bonds is 1. The van der Waals surface area contributed by atoms with Gasteiger partial charge in [-0.3, -0.25) is 5.32 Å². The third kappa shape index (κ3) is 3.53. The first-order chi connectivity index (χ1) is 7.29. The minimum absolute atomic E-state index is 0.353. The number of hydrogen-bond donors (Lipinski definition) is 1. The van der Waals surface area contributed by atoms with Gasteiger partial charge in [0.05, 0.1) is 0 Å². The summed E-state index contributed by atoms with van der Waals surface area (Å²) in [5, 5.41) is 2.51. The predicted molar refractivity (Wildman–Crippen MR) is 61.0 cm³/mol. The molecule has 3 nitrogen and oxygen atoms in total. The number of amides is 1. The van der Waals surface area contributed by atoms with Crippen LogP contribution in [0.3, 0.4) is 0 Å². The Morgan fingerprint density at radius 1 is 1.38 bits per heavy atom. The Balaban J connectivity index is 2.74. The average Bonchev–Trinajstić information content (AvgIpc) is 2.09. The molecular formula is C12H16FNO2. The maximum Gasteiger partial charge on any atom is 0.412 e. The number of ether oxygens (including phenoxy) is 1. The number of hydrogen-bond acceptors (Lipinski definition) is 2. The molecule has 0 bridgehead atoms. The number of anilines is 1. The lowest BCUT2D eigenvalue weighted by Gasteiger charge is -2.20. The van der Waals surface area contributed by atoms with Crippen molar-refractivity contribution in [2.75, 3.05) is 5.32 Å². The largest absolute Gasteiger partial charge is 0.444 e. The molecule has 1 aromatic rings. The molecule has 0 atom stereocenters. The summed E-state index contributed by atoms with van der Waals surface area (Å²) >= 11 is 0. The molecule has 4 heteroatoms. The fourth-order valence-electron chi connectivity index (χ4n) is 1.16. The van der Waals surface area contributed by atoms with E-state index in [9.17, 15) is 9.18 Å². The summed E-state index contributed by atoms with van der Waals surface area (Å²) in [6.45, 7) is 6.91. The van der Waals surface area contributed by atoms with Crippen molar-refractivity contribution in [1.29, 1.82) is 0 Å². The van der Waals surface area contributed by atoms with Crippen molar-refractivity contribution in [1.82, 2.24) is 0 Å². The molecule has 0 aliphatic rings. The third-order valence-electron chi connectivity index (χ3n) is 1.90. The lowest BCUT2D eigenvalue weighted by molar-refractivity contribution is 0.0636. The van der Waals surface area contributed by atoms with Crippen molar-refractivity contribution in [3.63, 3.8) is 0 Å². The first-order valence-electron chi connectivity index (χ1n) is 5.05. The van der Waals surface area contributed by atoms with Gasteiger partial charge in [0.1, 0.15) is 11.4 Å². The Morgan fingerprint density at radius 2 is 2.00 bits per heavy atom.